The molecule has 3 N–H and O–H groups in total. The van der Waals surface area contributed by atoms with Crippen LogP contribution >= 0.6 is 11.6 Å². The minimum Gasteiger partial charge on any atom is -0.390 e. The highest BCUT2D eigenvalue weighted by molar-refractivity contribution is 6.30. The second kappa shape index (κ2) is 7.77. The lowest BCUT2D eigenvalue weighted by Gasteiger charge is -2.31. The molecule has 7 nitrogen and oxygen atoms in total. The van der Waals surface area contributed by atoms with Crippen LogP contribution in [0.1, 0.15) is 35.6 Å². The Labute approximate surface area is 167 Å². The van der Waals surface area contributed by atoms with Crippen molar-refractivity contribution >= 4 is 22.6 Å². The van der Waals surface area contributed by atoms with Crippen molar-refractivity contribution in [3.05, 3.63) is 58.6 Å². The van der Waals surface area contributed by atoms with Gasteiger partial charge in [-0.3, -0.25) is 0 Å². The first-order chi connectivity index (χ1) is 13.5. The van der Waals surface area contributed by atoms with E-state index in [9.17, 15) is 15.3 Å². The first-order valence-corrected chi connectivity index (χ1v) is 9.55. The summed E-state index contributed by atoms with van der Waals surface area (Å²) >= 11 is 6.06. The average Bonchev–Trinajstić information content (AvgIpc) is 3.12. The molecular weight excluding hydrogens is 382 g/mol. The lowest BCUT2D eigenvalue weighted by Crippen LogP contribution is -2.37. The summed E-state index contributed by atoms with van der Waals surface area (Å²) in [7, 11) is 0. The number of aliphatic hydroxyl groups excluding tert-OH is 3. The van der Waals surface area contributed by atoms with Crippen LogP contribution < -0.4 is 0 Å². The van der Waals surface area contributed by atoms with Crippen molar-refractivity contribution in [1.82, 2.24) is 14.5 Å². The summed E-state index contributed by atoms with van der Waals surface area (Å²) in [5, 5.41) is 33.2. The molecule has 4 rings (SSSR count). The Bertz CT molecular complexity index is 993. The average molecular weight is 404 g/mol. The molecule has 148 valence electrons. The molecule has 3 aromatic rings. The van der Waals surface area contributed by atoms with Crippen molar-refractivity contribution in [2.75, 3.05) is 6.61 Å². The van der Waals surface area contributed by atoms with Crippen molar-refractivity contribution < 1.29 is 20.1 Å². The lowest BCUT2D eigenvalue weighted by molar-refractivity contribution is -0.107. The first kappa shape index (κ1) is 19.3. The molecule has 1 aliphatic heterocycles. The largest absolute Gasteiger partial charge is 0.390 e. The normalized spacial score (nSPS) is 20.0. The van der Waals surface area contributed by atoms with E-state index < -0.39 is 18.4 Å². The summed E-state index contributed by atoms with van der Waals surface area (Å²) in [6, 6.07) is 7.35. The summed E-state index contributed by atoms with van der Waals surface area (Å²) < 4.78 is 7.24. The number of hydrogen-bond donors (Lipinski definition) is 3. The molecule has 0 fully saturated rings. The fraction of sp³-hybridized carbons (Fsp3) is 0.400. The number of nitrogens with zero attached hydrogens (tertiary/aromatic N) is 3. The van der Waals surface area contributed by atoms with Crippen LogP contribution in [0.25, 0.3) is 11.0 Å². The standard InChI is InChI=1S/C20H22ClN3O4/c1-11-14-4-6-24(19(14)23-10-22-11)20(27)18(26)16(25)9-17-15-3-2-13(21)8-12(15)5-7-28-17/h2-4,6,8,10,16-18,20,25-27H,5,7,9H2,1H3. The summed E-state index contributed by atoms with van der Waals surface area (Å²) in [5.74, 6) is 0. The molecule has 0 amide bonds. The molecule has 8 heteroatoms. The fourth-order valence-corrected chi connectivity index (χ4v) is 3.93. The summed E-state index contributed by atoms with van der Waals surface area (Å²) in [6.45, 7) is 2.36. The fourth-order valence-electron chi connectivity index (χ4n) is 3.73. The van der Waals surface area contributed by atoms with Crippen LogP contribution in [0.3, 0.4) is 0 Å². The van der Waals surface area contributed by atoms with E-state index in [1.807, 2.05) is 19.1 Å². The number of aliphatic hydroxyl groups is 3. The van der Waals surface area contributed by atoms with Gasteiger partial charge in [0.1, 0.15) is 18.1 Å². The van der Waals surface area contributed by atoms with E-state index in [0.717, 1.165) is 28.6 Å². The van der Waals surface area contributed by atoms with E-state index in [1.165, 1.54) is 10.9 Å². The molecule has 1 aromatic carbocycles. The van der Waals surface area contributed by atoms with Gasteiger partial charge in [0.25, 0.3) is 0 Å². The van der Waals surface area contributed by atoms with Gasteiger partial charge in [-0.1, -0.05) is 17.7 Å². The molecule has 0 bridgehead atoms. The zero-order chi connectivity index (χ0) is 19.8. The highest BCUT2D eigenvalue weighted by Gasteiger charge is 2.32. The van der Waals surface area contributed by atoms with Crippen LogP contribution in [-0.2, 0) is 11.2 Å². The second-order valence-corrected chi connectivity index (χ2v) is 7.52. The highest BCUT2D eigenvalue weighted by Crippen LogP contribution is 2.33. The number of ether oxygens (including phenoxy) is 1. The molecule has 2 aromatic heterocycles. The van der Waals surface area contributed by atoms with Gasteiger partial charge in [0.2, 0.25) is 0 Å². The third kappa shape index (κ3) is 3.52. The molecule has 0 saturated carbocycles. The number of benzene rings is 1. The van der Waals surface area contributed by atoms with E-state index in [-0.39, 0.29) is 12.5 Å². The third-order valence-corrected chi connectivity index (χ3v) is 5.53. The number of aryl methyl sites for hydroxylation is 1. The van der Waals surface area contributed by atoms with Gasteiger partial charge in [0.15, 0.2) is 6.23 Å². The van der Waals surface area contributed by atoms with Gasteiger partial charge in [-0.2, -0.15) is 0 Å². The van der Waals surface area contributed by atoms with Gasteiger partial charge in [0.05, 0.1) is 24.5 Å². The maximum atomic E-state index is 10.6. The lowest BCUT2D eigenvalue weighted by atomic mass is 9.93. The molecule has 4 unspecified atom stereocenters. The quantitative estimate of drug-likeness (QED) is 0.604. The zero-order valence-corrected chi connectivity index (χ0v) is 16.1. The number of halogens is 1. The van der Waals surface area contributed by atoms with Gasteiger partial charge in [-0.15, -0.1) is 0 Å². The summed E-state index contributed by atoms with van der Waals surface area (Å²) in [6.07, 6.45) is -0.390. The Morgan fingerprint density at radius 1 is 1.25 bits per heavy atom. The van der Waals surface area contributed by atoms with Gasteiger partial charge in [-0.05, 0) is 42.7 Å². The molecule has 3 heterocycles. The predicted molar refractivity (Wildman–Crippen MR) is 104 cm³/mol. The Morgan fingerprint density at radius 2 is 2.07 bits per heavy atom. The monoisotopic (exact) mass is 403 g/mol. The molecule has 0 radical (unpaired) electrons. The smallest absolute Gasteiger partial charge is 0.160 e. The molecule has 1 aliphatic rings. The number of hydrogen-bond acceptors (Lipinski definition) is 6. The Balaban J connectivity index is 1.52. The minimum atomic E-state index is -1.41. The van der Waals surface area contributed by atoms with Gasteiger partial charge < -0.3 is 24.6 Å². The highest BCUT2D eigenvalue weighted by atomic mass is 35.5. The topological polar surface area (TPSA) is 101 Å². The molecule has 0 aliphatic carbocycles. The van der Waals surface area contributed by atoms with Crippen molar-refractivity contribution in [2.45, 2.75) is 44.3 Å². The van der Waals surface area contributed by atoms with Crippen molar-refractivity contribution in [3.63, 3.8) is 0 Å². The first-order valence-electron chi connectivity index (χ1n) is 9.18. The second-order valence-electron chi connectivity index (χ2n) is 7.08. The van der Waals surface area contributed by atoms with E-state index in [1.54, 1.807) is 18.3 Å². The Morgan fingerprint density at radius 3 is 2.89 bits per heavy atom. The molecule has 0 spiro atoms. The minimum absolute atomic E-state index is 0.153. The third-order valence-electron chi connectivity index (χ3n) is 5.29. The maximum absolute atomic E-state index is 10.6. The van der Waals surface area contributed by atoms with Gasteiger partial charge in [-0.25, -0.2) is 9.97 Å². The molecule has 4 atom stereocenters. The molecule has 0 saturated heterocycles. The number of fused-ring (bicyclic) bond motifs is 2. The van der Waals surface area contributed by atoms with E-state index in [4.69, 9.17) is 16.3 Å². The van der Waals surface area contributed by atoms with Crippen LogP contribution in [0.4, 0.5) is 0 Å². The Kier molecular flexibility index (Phi) is 5.35. The van der Waals surface area contributed by atoms with Crippen molar-refractivity contribution in [2.24, 2.45) is 0 Å². The Hall–Kier alpha value is -2.03. The van der Waals surface area contributed by atoms with E-state index >= 15 is 0 Å². The molecule has 28 heavy (non-hydrogen) atoms. The summed E-state index contributed by atoms with van der Waals surface area (Å²) in [4.78, 5) is 8.30. The van der Waals surface area contributed by atoms with Crippen molar-refractivity contribution in [3.8, 4) is 0 Å². The number of rotatable bonds is 5. The van der Waals surface area contributed by atoms with Crippen LogP contribution in [0.15, 0.2) is 36.8 Å². The van der Waals surface area contributed by atoms with Crippen LogP contribution in [0, 0.1) is 6.92 Å². The van der Waals surface area contributed by atoms with Crippen LogP contribution in [0.2, 0.25) is 5.02 Å². The van der Waals surface area contributed by atoms with Crippen LogP contribution in [-0.4, -0.2) is 48.7 Å². The van der Waals surface area contributed by atoms with Crippen molar-refractivity contribution in [1.29, 1.82) is 0 Å². The summed E-state index contributed by atoms with van der Waals surface area (Å²) in [5.41, 5.74) is 3.30. The van der Waals surface area contributed by atoms with E-state index in [0.29, 0.717) is 17.3 Å². The molecular formula is C20H22ClN3O4. The SMILES string of the molecule is Cc1ncnc2c1ccn2C(O)C(O)C(O)CC1OCCc2cc(Cl)ccc21. The van der Waals surface area contributed by atoms with E-state index in [2.05, 4.69) is 9.97 Å². The number of aromatic nitrogens is 3. The zero-order valence-electron chi connectivity index (χ0n) is 15.4. The van der Waals surface area contributed by atoms with Gasteiger partial charge >= 0.3 is 0 Å². The van der Waals surface area contributed by atoms with Gasteiger partial charge in [0, 0.05) is 23.0 Å². The van der Waals surface area contributed by atoms with Crippen LogP contribution in [0.5, 0.6) is 0 Å². The predicted octanol–water partition coefficient (Wildman–Crippen LogP) is 2.31. The maximum Gasteiger partial charge on any atom is 0.160 e.